The second kappa shape index (κ2) is 9.73. The highest BCUT2D eigenvalue weighted by Gasteiger charge is 2.23. The predicted octanol–water partition coefficient (Wildman–Crippen LogP) is 4.85. The molecule has 0 fully saturated rings. The monoisotopic (exact) mass is 401 g/mol. The van der Waals surface area contributed by atoms with Gasteiger partial charge in [0, 0.05) is 44.0 Å². The molecule has 0 aliphatic carbocycles. The molecule has 6 heteroatoms. The van der Waals surface area contributed by atoms with Gasteiger partial charge in [0.05, 0.1) is 4.88 Å². The van der Waals surface area contributed by atoms with Gasteiger partial charge in [0.1, 0.15) is 0 Å². The minimum Gasteiger partial charge on any atom is -0.377 e. The van der Waals surface area contributed by atoms with Crippen molar-refractivity contribution in [1.29, 1.82) is 0 Å². The molecule has 0 saturated carbocycles. The van der Waals surface area contributed by atoms with Crippen molar-refractivity contribution < 1.29 is 9.59 Å². The molecule has 2 amide bonds. The van der Waals surface area contributed by atoms with Gasteiger partial charge in [-0.05, 0) is 48.6 Å². The predicted molar refractivity (Wildman–Crippen MR) is 118 cm³/mol. The molecular formula is C22H31N3O2S. The Hall–Kier alpha value is -2.34. The number of hydrogen-bond donors (Lipinski definition) is 1. The number of carbonyl (C=O) groups is 2. The molecule has 0 unspecified atom stereocenters. The summed E-state index contributed by atoms with van der Waals surface area (Å²) in [5, 5.41) is 4.89. The Balaban J connectivity index is 2.38. The highest BCUT2D eigenvalue weighted by atomic mass is 32.1. The molecule has 5 nitrogen and oxygen atoms in total. The lowest BCUT2D eigenvalue weighted by Crippen LogP contribution is -2.37. The first-order valence-electron chi connectivity index (χ1n) is 9.70. The first kappa shape index (κ1) is 22.0. The molecule has 1 heterocycles. The van der Waals surface area contributed by atoms with E-state index >= 15 is 0 Å². The quantitative estimate of drug-likeness (QED) is 0.688. The molecule has 1 atom stereocenters. The third-order valence-electron chi connectivity index (χ3n) is 4.81. The molecule has 0 radical (unpaired) electrons. The first-order chi connectivity index (χ1) is 13.2. The summed E-state index contributed by atoms with van der Waals surface area (Å²) >= 11 is 1.46. The Morgan fingerprint density at radius 3 is 2.39 bits per heavy atom. The van der Waals surface area contributed by atoms with Gasteiger partial charge in [-0.2, -0.15) is 0 Å². The fourth-order valence-electron chi connectivity index (χ4n) is 2.89. The molecule has 1 aromatic carbocycles. The van der Waals surface area contributed by atoms with Crippen molar-refractivity contribution in [3.05, 3.63) is 46.2 Å². The average molecular weight is 402 g/mol. The fourth-order valence-corrected chi connectivity index (χ4v) is 3.57. The summed E-state index contributed by atoms with van der Waals surface area (Å²) in [5.74, 6) is -0.0586. The van der Waals surface area contributed by atoms with Crippen molar-refractivity contribution in [2.24, 2.45) is 5.92 Å². The topological polar surface area (TPSA) is 52.7 Å². The van der Waals surface area contributed by atoms with Crippen LogP contribution in [0, 0.1) is 5.92 Å². The maximum atomic E-state index is 13.1. The van der Waals surface area contributed by atoms with Gasteiger partial charge in [-0.25, -0.2) is 0 Å². The minimum absolute atomic E-state index is 0.0167. The Kier molecular flexibility index (Phi) is 7.63. The van der Waals surface area contributed by atoms with E-state index in [4.69, 9.17) is 0 Å². The first-order valence-corrected chi connectivity index (χ1v) is 10.6. The van der Waals surface area contributed by atoms with Crippen LogP contribution in [0.5, 0.6) is 0 Å². The van der Waals surface area contributed by atoms with Crippen molar-refractivity contribution >= 4 is 34.5 Å². The Bertz CT molecular complexity index is 800. The van der Waals surface area contributed by atoms with Crippen LogP contribution in [-0.4, -0.2) is 36.9 Å². The Morgan fingerprint density at radius 2 is 1.86 bits per heavy atom. The van der Waals surface area contributed by atoms with Crippen LogP contribution in [0.15, 0.2) is 35.7 Å². The van der Waals surface area contributed by atoms with E-state index in [0.717, 1.165) is 28.2 Å². The van der Waals surface area contributed by atoms with E-state index in [1.54, 1.807) is 0 Å². The molecule has 152 valence electrons. The van der Waals surface area contributed by atoms with Gasteiger partial charge in [0.2, 0.25) is 5.91 Å². The van der Waals surface area contributed by atoms with Gasteiger partial charge in [-0.1, -0.05) is 26.8 Å². The van der Waals surface area contributed by atoms with E-state index in [9.17, 15) is 9.59 Å². The summed E-state index contributed by atoms with van der Waals surface area (Å²) in [6.45, 7) is 8.39. The maximum Gasteiger partial charge on any atom is 0.264 e. The summed E-state index contributed by atoms with van der Waals surface area (Å²) in [4.78, 5) is 29.9. The van der Waals surface area contributed by atoms with Crippen LogP contribution in [0.4, 0.5) is 11.4 Å². The van der Waals surface area contributed by atoms with Crippen molar-refractivity contribution in [3.63, 3.8) is 0 Å². The molecule has 2 aromatic rings. The zero-order valence-electron chi connectivity index (χ0n) is 17.7. The maximum absolute atomic E-state index is 13.1. The fraction of sp³-hybridized carbons (Fsp3) is 0.455. The molecule has 28 heavy (non-hydrogen) atoms. The zero-order chi connectivity index (χ0) is 20.8. The lowest BCUT2D eigenvalue weighted by atomic mass is 10.1. The lowest BCUT2D eigenvalue weighted by molar-refractivity contribution is -0.118. The standard InChI is InChI=1S/C22H31N3O2S/c1-7-16(4)25(22(27)20-9-8-12-28-20)14-17-13-18(23-21(26)15(2)3)10-11-19(17)24(5)6/h8-13,15-16H,7,14H2,1-6H3,(H,23,26)/t16-/m1/s1. The summed E-state index contributed by atoms with van der Waals surface area (Å²) in [6.07, 6.45) is 0.873. The van der Waals surface area contributed by atoms with Gasteiger partial charge in [-0.3, -0.25) is 9.59 Å². The van der Waals surface area contributed by atoms with Crippen LogP contribution in [0.2, 0.25) is 0 Å². The number of rotatable bonds is 8. The van der Waals surface area contributed by atoms with Crippen LogP contribution >= 0.6 is 11.3 Å². The number of thiophene rings is 1. The van der Waals surface area contributed by atoms with Gasteiger partial charge < -0.3 is 15.1 Å². The third kappa shape index (κ3) is 5.35. The third-order valence-corrected chi connectivity index (χ3v) is 5.67. The SMILES string of the molecule is CC[C@@H](C)N(Cc1cc(NC(=O)C(C)C)ccc1N(C)C)C(=O)c1cccs1. The lowest BCUT2D eigenvalue weighted by Gasteiger charge is -2.30. The smallest absolute Gasteiger partial charge is 0.264 e. The van der Waals surface area contributed by atoms with Crippen LogP contribution in [-0.2, 0) is 11.3 Å². The highest BCUT2D eigenvalue weighted by Crippen LogP contribution is 2.27. The molecule has 0 aliphatic heterocycles. The Labute approximate surface area is 172 Å². The zero-order valence-corrected chi connectivity index (χ0v) is 18.5. The number of hydrogen-bond acceptors (Lipinski definition) is 4. The van der Waals surface area contributed by atoms with Crippen molar-refractivity contribution in [3.8, 4) is 0 Å². The number of amides is 2. The van der Waals surface area contributed by atoms with Crippen LogP contribution in [0.3, 0.4) is 0 Å². The molecule has 0 aliphatic rings. The van der Waals surface area contributed by atoms with Gasteiger partial charge in [0.15, 0.2) is 0 Å². The molecular weight excluding hydrogens is 370 g/mol. The number of anilines is 2. The highest BCUT2D eigenvalue weighted by molar-refractivity contribution is 7.12. The van der Waals surface area contributed by atoms with Crippen LogP contribution in [0.25, 0.3) is 0 Å². The minimum atomic E-state index is -0.0889. The van der Waals surface area contributed by atoms with Crippen LogP contribution in [0.1, 0.15) is 49.4 Å². The van der Waals surface area contributed by atoms with E-state index in [2.05, 4.69) is 19.2 Å². The van der Waals surface area contributed by atoms with Crippen molar-refractivity contribution in [2.75, 3.05) is 24.3 Å². The molecule has 1 aromatic heterocycles. The number of benzene rings is 1. The molecule has 0 spiro atoms. The van der Waals surface area contributed by atoms with E-state index in [-0.39, 0.29) is 23.8 Å². The molecule has 0 saturated heterocycles. The number of nitrogens with zero attached hydrogens (tertiary/aromatic N) is 2. The largest absolute Gasteiger partial charge is 0.377 e. The second-order valence-electron chi connectivity index (χ2n) is 7.55. The molecule has 2 rings (SSSR count). The summed E-state index contributed by atoms with van der Waals surface area (Å²) in [7, 11) is 3.97. The van der Waals surface area contributed by atoms with E-state index in [0.29, 0.717) is 6.54 Å². The number of nitrogens with one attached hydrogen (secondary N) is 1. The number of carbonyl (C=O) groups excluding carboxylic acids is 2. The van der Waals surface area contributed by atoms with E-state index in [1.807, 2.05) is 73.5 Å². The second-order valence-corrected chi connectivity index (χ2v) is 8.50. The van der Waals surface area contributed by atoms with E-state index in [1.165, 1.54) is 11.3 Å². The van der Waals surface area contributed by atoms with Crippen LogP contribution < -0.4 is 10.2 Å². The molecule has 1 N–H and O–H groups in total. The van der Waals surface area contributed by atoms with Gasteiger partial charge in [-0.15, -0.1) is 11.3 Å². The summed E-state index contributed by atoms with van der Waals surface area (Å²) in [6, 6.07) is 9.77. The average Bonchev–Trinajstić information content (AvgIpc) is 3.19. The Morgan fingerprint density at radius 1 is 1.14 bits per heavy atom. The molecule has 0 bridgehead atoms. The van der Waals surface area contributed by atoms with Crippen molar-refractivity contribution in [1.82, 2.24) is 4.90 Å². The van der Waals surface area contributed by atoms with Gasteiger partial charge >= 0.3 is 0 Å². The normalized spacial score (nSPS) is 12.0. The van der Waals surface area contributed by atoms with Crippen molar-refractivity contribution in [2.45, 2.75) is 46.7 Å². The van der Waals surface area contributed by atoms with E-state index < -0.39 is 0 Å². The van der Waals surface area contributed by atoms with Gasteiger partial charge in [0.25, 0.3) is 5.91 Å². The summed E-state index contributed by atoms with van der Waals surface area (Å²) in [5.41, 5.74) is 2.80. The summed E-state index contributed by atoms with van der Waals surface area (Å²) < 4.78 is 0.